The van der Waals surface area contributed by atoms with Crippen LogP contribution in [-0.2, 0) is 6.42 Å². The maximum absolute atomic E-state index is 5.41. The second-order valence-corrected chi connectivity index (χ2v) is 6.35. The van der Waals surface area contributed by atoms with Crippen LogP contribution in [0.2, 0.25) is 0 Å². The minimum Gasteiger partial charge on any atom is -0.356 e. The number of aromatic nitrogens is 5. The summed E-state index contributed by atoms with van der Waals surface area (Å²) in [6.07, 6.45) is 8.88. The number of H-pyrrole nitrogens is 1. The summed E-state index contributed by atoms with van der Waals surface area (Å²) in [5, 5.41) is 10.8. The van der Waals surface area contributed by atoms with Crippen LogP contribution in [0.1, 0.15) is 35.7 Å². The zero-order valence-corrected chi connectivity index (χ0v) is 13.9. The van der Waals surface area contributed by atoms with E-state index in [2.05, 4.69) is 25.2 Å². The minimum absolute atomic E-state index is 0.509. The molecular weight excluding hydrogens is 304 g/mol. The van der Waals surface area contributed by atoms with E-state index >= 15 is 0 Å². The van der Waals surface area contributed by atoms with E-state index in [1.807, 2.05) is 38.6 Å². The topological polar surface area (TPSA) is 83.7 Å². The second-order valence-electron chi connectivity index (χ2n) is 6.35. The Morgan fingerprint density at radius 3 is 2.88 bits per heavy atom. The molecule has 124 valence electrons. The van der Waals surface area contributed by atoms with Crippen LogP contribution in [0.25, 0.3) is 11.3 Å². The van der Waals surface area contributed by atoms with Gasteiger partial charge >= 0.3 is 0 Å². The summed E-state index contributed by atoms with van der Waals surface area (Å²) in [5.41, 5.74) is 4.09. The zero-order chi connectivity index (χ0) is 16.5. The van der Waals surface area contributed by atoms with E-state index in [0.29, 0.717) is 5.92 Å². The molecule has 0 aromatic carbocycles. The Kier molecular flexibility index (Phi) is 3.76. The molecule has 0 saturated heterocycles. The Morgan fingerprint density at radius 1 is 1.33 bits per heavy atom. The van der Waals surface area contributed by atoms with Crippen molar-refractivity contribution in [2.45, 2.75) is 32.1 Å². The fourth-order valence-electron chi connectivity index (χ4n) is 2.73. The van der Waals surface area contributed by atoms with Crippen LogP contribution in [-0.4, -0.2) is 38.9 Å². The van der Waals surface area contributed by atoms with Gasteiger partial charge in [0.05, 0.1) is 23.1 Å². The molecule has 4 rings (SSSR count). The van der Waals surface area contributed by atoms with Crippen molar-refractivity contribution in [3.8, 4) is 11.3 Å². The second kappa shape index (κ2) is 6.07. The third-order valence-electron chi connectivity index (χ3n) is 4.30. The number of nitrogens with zero attached hydrogens (tertiary/aromatic N) is 5. The van der Waals surface area contributed by atoms with E-state index in [0.717, 1.165) is 41.6 Å². The van der Waals surface area contributed by atoms with Gasteiger partial charge < -0.3 is 9.42 Å². The summed E-state index contributed by atoms with van der Waals surface area (Å²) >= 11 is 0. The number of anilines is 1. The Labute approximate surface area is 140 Å². The van der Waals surface area contributed by atoms with Crippen molar-refractivity contribution in [2.75, 3.05) is 18.5 Å². The maximum atomic E-state index is 5.41. The lowest BCUT2D eigenvalue weighted by Gasteiger charge is -2.18. The van der Waals surface area contributed by atoms with E-state index in [9.17, 15) is 0 Å². The normalized spacial score (nSPS) is 14.1. The van der Waals surface area contributed by atoms with E-state index in [1.165, 1.54) is 18.4 Å². The van der Waals surface area contributed by atoms with Crippen LogP contribution in [0, 0.1) is 6.92 Å². The molecule has 1 aliphatic carbocycles. The smallest absolute Gasteiger partial charge is 0.225 e. The van der Waals surface area contributed by atoms with Gasteiger partial charge in [0.2, 0.25) is 5.95 Å². The molecule has 1 aliphatic rings. The molecule has 1 fully saturated rings. The van der Waals surface area contributed by atoms with Crippen molar-refractivity contribution < 1.29 is 4.52 Å². The first-order valence-electron chi connectivity index (χ1n) is 8.20. The molecule has 0 bridgehead atoms. The Hall–Kier alpha value is -2.70. The number of aryl methyl sites for hydroxylation is 1. The van der Waals surface area contributed by atoms with Gasteiger partial charge in [-0.2, -0.15) is 5.10 Å². The van der Waals surface area contributed by atoms with E-state index in [4.69, 9.17) is 9.51 Å². The van der Waals surface area contributed by atoms with Gasteiger partial charge in [0.25, 0.3) is 0 Å². The third kappa shape index (κ3) is 3.02. The Balaban J connectivity index is 1.57. The molecular formula is C17H20N6O. The fraction of sp³-hybridized carbons (Fsp3) is 0.412. The third-order valence-corrected chi connectivity index (χ3v) is 4.30. The molecule has 0 amide bonds. The van der Waals surface area contributed by atoms with Crippen molar-refractivity contribution in [2.24, 2.45) is 0 Å². The van der Waals surface area contributed by atoms with Crippen molar-refractivity contribution >= 4 is 5.95 Å². The van der Waals surface area contributed by atoms with Gasteiger partial charge in [0, 0.05) is 38.0 Å². The summed E-state index contributed by atoms with van der Waals surface area (Å²) in [4.78, 5) is 11.4. The van der Waals surface area contributed by atoms with Gasteiger partial charge in [-0.1, -0.05) is 5.16 Å². The van der Waals surface area contributed by atoms with Gasteiger partial charge in [-0.3, -0.25) is 5.10 Å². The summed E-state index contributed by atoms with van der Waals surface area (Å²) in [6, 6.07) is 1.94. The molecule has 24 heavy (non-hydrogen) atoms. The van der Waals surface area contributed by atoms with Crippen molar-refractivity contribution in [1.82, 2.24) is 25.3 Å². The average Bonchev–Trinajstić information content (AvgIpc) is 3.13. The molecule has 3 aromatic heterocycles. The van der Waals surface area contributed by atoms with Crippen molar-refractivity contribution in [3.63, 3.8) is 0 Å². The predicted octanol–water partition coefficient (Wildman–Crippen LogP) is 2.72. The number of aromatic amines is 1. The lowest BCUT2D eigenvalue weighted by molar-refractivity contribution is 0.426. The van der Waals surface area contributed by atoms with Crippen molar-refractivity contribution in [1.29, 1.82) is 0 Å². The van der Waals surface area contributed by atoms with E-state index in [1.54, 1.807) is 0 Å². The number of hydrogen-bond donors (Lipinski definition) is 1. The summed E-state index contributed by atoms with van der Waals surface area (Å²) in [7, 11) is 2.02. The molecule has 1 N–H and O–H groups in total. The largest absolute Gasteiger partial charge is 0.356 e. The highest BCUT2D eigenvalue weighted by Gasteiger charge is 2.30. The molecule has 7 heteroatoms. The summed E-state index contributed by atoms with van der Waals surface area (Å²) in [5.74, 6) is 2.01. The zero-order valence-electron chi connectivity index (χ0n) is 13.9. The molecule has 7 nitrogen and oxygen atoms in total. The minimum atomic E-state index is 0.509. The van der Waals surface area contributed by atoms with Gasteiger partial charge in [0.15, 0.2) is 5.76 Å². The lowest BCUT2D eigenvalue weighted by atomic mass is 10.1. The molecule has 3 aromatic rings. The number of rotatable bonds is 6. The lowest BCUT2D eigenvalue weighted by Crippen LogP contribution is -2.23. The SMILES string of the molecule is Cc1cc(-c2cnc(N(C)CCc3cn[nH]c3)nc2C2CC2)on1. The molecule has 0 spiro atoms. The van der Waals surface area contributed by atoms with E-state index in [-0.39, 0.29) is 0 Å². The van der Waals surface area contributed by atoms with Crippen LogP contribution < -0.4 is 4.90 Å². The highest BCUT2D eigenvalue weighted by molar-refractivity contribution is 5.62. The fourth-order valence-corrected chi connectivity index (χ4v) is 2.73. The first-order chi connectivity index (χ1) is 11.7. The molecule has 3 heterocycles. The van der Waals surface area contributed by atoms with E-state index < -0.39 is 0 Å². The first-order valence-corrected chi connectivity index (χ1v) is 8.20. The Morgan fingerprint density at radius 2 is 2.21 bits per heavy atom. The van der Waals surface area contributed by atoms with Gasteiger partial charge in [0.1, 0.15) is 0 Å². The van der Waals surface area contributed by atoms with Gasteiger partial charge in [-0.15, -0.1) is 0 Å². The summed E-state index contributed by atoms with van der Waals surface area (Å²) < 4.78 is 5.41. The number of hydrogen-bond acceptors (Lipinski definition) is 6. The van der Waals surface area contributed by atoms with Gasteiger partial charge in [-0.25, -0.2) is 9.97 Å². The first kappa shape index (κ1) is 14.9. The van der Waals surface area contributed by atoms with Crippen LogP contribution in [0.15, 0.2) is 29.2 Å². The highest BCUT2D eigenvalue weighted by Crippen LogP contribution is 2.43. The predicted molar refractivity (Wildman–Crippen MR) is 89.8 cm³/mol. The molecule has 1 saturated carbocycles. The van der Waals surface area contributed by atoms with Crippen molar-refractivity contribution in [3.05, 3.63) is 41.6 Å². The summed E-state index contributed by atoms with van der Waals surface area (Å²) in [6.45, 7) is 2.76. The van der Waals surface area contributed by atoms with Crippen LogP contribution in [0.5, 0.6) is 0 Å². The quantitative estimate of drug-likeness (QED) is 0.750. The number of nitrogens with one attached hydrogen (secondary N) is 1. The van der Waals surface area contributed by atoms with Gasteiger partial charge in [-0.05, 0) is 31.7 Å². The van der Waals surface area contributed by atoms with Crippen LogP contribution >= 0.6 is 0 Å². The van der Waals surface area contributed by atoms with Crippen LogP contribution in [0.3, 0.4) is 0 Å². The molecule has 0 radical (unpaired) electrons. The standard InChI is InChI=1S/C17H20N6O/c1-11-7-15(24-22-11)14-10-18-17(21-16(14)13-3-4-13)23(2)6-5-12-8-19-20-9-12/h7-10,13H,3-6H2,1-2H3,(H,19,20). The average molecular weight is 324 g/mol. The number of likely N-dealkylation sites (N-methyl/N-ethyl adjacent to an activating group) is 1. The Bertz CT molecular complexity index is 821. The monoisotopic (exact) mass is 324 g/mol. The molecule has 0 unspecified atom stereocenters. The highest BCUT2D eigenvalue weighted by atomic mass is 16.5. The molecule has 0 atom stereocenters. The van der Waals surface area contributed by atoms with Crippen LogP contribution in [0.4, 0.5) is 5.95 Å². The molecule has 0 aliphatic heterocycles. The maximum Gasteiger partial charge on any atom is 0.225 e.